The zero-order valence-corrected chi connectivity index (χ0v) is 12.6. The van der Waals surface area contributed by atoms with Gasteiger partial charge in [0, 0.05) is 23.7 Å². The highest BCUT2D eigenvalue weighted by Crippen LogP contribution is 2.33. The van der Waals surface area contributed by atoms with E-state index in [1.54, 1.807) is 0 Å². The van der Waals surface area contributed by atoms with Crippen molar-refractivity contribution in [3.05, 3.63) is 34.7 Å². The lowest BCUT2D eigenvalue weighted by molar-refractivity contribution is -0.528. The van der Waals surface area contributed by atoms with E-state index in [1.807, 2.05) is 40.1 Å². The van der Waals surface area contributed by atoms with Crippen molar-refractivity contribution >= 4 is 0 Å². The summed E-state index contributed by atoms with van der Waals surface area (Å²) in [6, 6.07) is -0.319. The van der Waals surface area contributed by atoms with Crippen LogP contribution < -0.4 is 5.32 Å². The normalized spacial score (nSPS) is 25.3. The van der Waals surface area contributed by atoms with Crippen molar-refractivity contribution in [3.63, 3.8) is 0 Å². The first kappa shape index (κ1) is 17.7. The molecule has 0 spiro atoms. The average Bonchev–Trinajstić information content (AvgIpc) is 2.52. The molecular weight excluding hydrogens is 240 g/mol. The Kier molecular flexibility index (Phi) is 9.85. The van der Waals surface area contributed by atoms with Crippen molar-refractivity contribution in [2.45, 2.75) is 59.4 Å². The van der Waals surface area contributed by atoms with Crippen LogP contribution in [0.3, 0.4) is 0 Å². The minimum Gasteiger partial charge on any atom is -0.368 e. The molecule has 1 aliphatic carbocycles. The lowest BCUT2D eigenvalue weighted by atomic mass is 9.77. The maximum atomic E-state index is 10.7. The third-order valence-corrected chi connectivity index (χ3v) is 3.36. The molecule has 1 heterocycles. The van der Waals surface area contributed by atoms with Crippen molar-refractivity contribution < 1.29 is 4.92 Å². The summed E-state index contributed by atoms with van der Waals surface area (Å²) in [7, 11) is 0. The summed E-state index contributed by atoms with van der Waals surface area (Å²) in [5.41, 5.74) is 0. The van der Waals surface area contributed by atoms with E-state index >= 15 is 0 Å². The standard InChI is InChI=1S/C11H16N2O2.2C2H6/c14-13(15)11-3-1-2-10(8-11)9-4-6-12-7-5-9;2*1-2/h4-7,9-12H,1-3,8H2;2*1-2H3. The lowest BCUT2D eigenvalue weighted by Crippen LogP contribution is -2.30. The Bertz CT molecular complexity index is 289. The van der Waals surface area contributed by atoms with Gasteiger partial charge in [0.05, 0.1) is 0 Å². The molecule has 4 heteroatoms. The van der Waals surface area contributed by atoms with Crippen LogP contribution in [0, 0.1) is 22.0 Å². The number of nitrogens with zero attached hydrogens (tertiary/aromatic N) is 1. The average molecular weight is 268 g/mol. The van der Waals surface area contributed by atoms with E-state index in [-0.39, 0.29) is 11.0 Å². The highest BCUT2D eigenvalue weighted by Gasteiger charge is 2.32. The topological polar surface area (TPSA) is 55.2 Å². The van der Waals surface area contributed by atoms with E-state index in [2.05, 4.69) is 17.5 Å². The van der Waals surface area contributed by atoms with E-state index < -0.39 is 0 Å². The second-order valence-electron chi connectivity index (χ2n) is 4.33. The van der Waals surface area contributed by atoms with Crippen molar-refractivity contribution in [1.82, 2.24) is 5.32 Å². The minimum atomic E-state index is -0.319. The Morgan fingerprint density at radius 3 is 2.21 bits per heavy atom. The molecule has 0 aromatic rings. The van der Waals surface area contributed by atoms with Crippen LogP contribution in [-0.2, 0) is 0 Å². The molecule has 0 aromatic carbocycles. The molecule has 110 valence electrons. The highest BCUT2D eigenvalue weighted by molar-refractivity contribution is 5.08. The molecule has 4 nitrogen and oxygen atoms in total. The number of nitro groups is 1. The van der Waals surface area contributed by atoms with Crippen LogP contribution in [0.15, 0.2) is 24.6 Å². The predicted molar refractivity (Wildman–Crippen MR) is 80.3 cm³/mol. The van der Waals surface area contributed by atoms with Crippen LogP contribution in [0.2, 0.25) is 0 Å². The summed E-state index contributed by atoms with van der Waals surface area (Å²) < 4.78 is 0. The molecule has 1 aliphatic heterocycles. The largest absolute Gasteiger partial charge is 0.368 e. The van der Waals surface area contributed by atoms with E-state index in [0.29, 0.717) is 11.8 Å². The quantitative estimate of drug-likeness (QED) is 0.605. The monoisotopic (exact) mass is 268 g/mol. The second-order valence-corrected chi connectivity index (χ2v) is 4.33. The zero-order valence-electron chi connectivity index (χ0n) is 12.6. The van der Waals surface area contributed by atoms with Gasteiger partial charge in [-0.25, -0.2) is 0 Å². The molecule has 2 atom stereocenters. The third kappa shape index (κ3) is 5.90. The molecule has 1 saturated carbocycles. The minimum absolute atomic E-state index is 0.110. The van der Waals surface area contributed by atoms with E-state index in [0.717, 1.165) is 25.7 Å². The van der Waals surface area contributed by atoms with Gasteiger partial charge in [-0.1, -0.05) is 39.8 Å². The number of hydrogen-bond acceptors (Lipinski definition) is 3. The molecule has 2 aliphatic rings. The van der Waals surface area contributed by atoms with Crippen LogP contribution in [0.5, 0.6) is 0 Å². The van der Waals surface area contributed by atoms with E-state index in [4.69, 9.17) is 0 Å². The van der Waals surface area contributed by atoms with Crippen molar-refractivity contribution in [2.24, 2.45) is 11.8 Å². The maximum Gasteiger partial charge on any atom is 0.213 e. The van der Waals surface area contributed by atoms with Gasteiger partial charge in [-0.2, -0.15) is 0 Å². The Hall–Kier alpha value is -1.32. The summed E-state index contributed by atoms with van der Waals surface area (Å²) in [6.45, 7) is 8.00. The van der Waals surface area contributed by atoms with Gasteiger partial charge in [-0.05, 0) is 31.2 Å². The van der Waals surface area contributed by atoms with Crippen molar-refractivity contribution in [1.29, 1.82) is 0 Å². The van der Waals surface area contributed by atoms with Gasteiger partial charge in [0.15, 0.2) is 0 Å². The van der Waals surface area contributed by atoms with Crippen LogP contribution in [0.1, 0.15) is 53.4 Å². The molecule has 0 amide bonds. The fourth-order valence-electron chi connectivity index (χ4n) is 2.51. The van der Waals surface area contributed by atoms with Gasteiger partial charge >= 0.3 is 0 Å². The maximum absolute atomic E-state index is 10.7. The SMILES string of the molecule is CC.CC.O=[N+]([O-])C1CCCC(C2C=CNC=C2)C1. The first-order valence-corrected chi connectivity index (χ1v) is 7.50. The zero-order chi connectivity index (χ0) is 14.7. The third-order valence-electron chi connectivity index (χ3n) is 3.36. The van der Waals surface area contributed by atoms with Gasteiger partial charge in [0.1, 0.15) is 0 Å². The predicted octanol–water partition coefficient (Wildman–Crippen LogP) is 4.12. The molecule has 19 heavy (non-hydrogen) atoms. The first-order valence-electron chi connectivity index (χ1n) is 7.50. The number of nitrogens with one attached hydrogen (secondary N) is 1. The molecular formula is C15H28N2O2. The van der Waals surface area contributed by atoms with Crippen LogP contribution in [0.4, 0.5) is 0 Å². The van der Waals surface area contributed by atoms with Crippen LogP contribution in [-0.4, -0.2) is 11.0 Å². The Morgan fingerprint density at radius 2 is 1.68 bits per heavy atom. The van der Waals surface area contributed by atoms with Crippen LogP contribution in [0.25, 0.3) is 0 Å². The van der Waals surface area contributed by atoms with Gasteiger partial charge in [-0.3, -0.25) is 10.1 Å². The number of allylic oxidation sites excluding steroid dienone is 2. The number of dihydropyridines is 1. The Morgan fingerprint density at radius 1 is 1.11 bits per heavy atom. The molecule has 2 rings (SSSR count). The fraction of sp³-hybridized carbons (Fsp3) is 0.733. The van der Waals surface area contributed by atoms with Crippen molar-refractivity contribution in [2.75, 3.05) is 0 Å². The Balaban J connectivity index is 0.000000741. The summed E-state index contributed by atoms with van der Waals surface area (Å²) in [5, 5.41) is 13.7. The molecule has 0 bridgehead atoms. The summed E-state index contributed by atoms with van der Waals surface area (Å²) in [6.07, 6.45) is 11.6. The van der Waals surface area contributed by atoms with Gasteiger partial charge in [0.25, 0.3) is 0 Å². The number of hydrogen-bond donors (Lipinski definition) is 1. The fourth-order valence-corrected chi connectivity index (χ4v) is 2.51. The molecule has 2 unspecified atom stereocenters. The Labute approximate surface area is 117 Å². The molecule has 1 fully saturated rings. The highest BCUT2D eigenvalue weighted by atomic mass is 16.6. The molecule has 0 aromatic heterocycles. The van der Waals surface area contributed by atoms with Gasteiger partial charge in [0.2, 0.25) is 6.04 Å². The van der Waals surface area contributed by atoms with Gasteiger partial charge < -0.3 is 5.32 Å². The molecule has 0 saturated heterocycles. The smallest absolute Gasteiger partial charge is 0.213 e. The summed E-state index contributed by atoms with van der Waals surface area (Å²) in [5.74, 6) is 0.831. The summed E-state index contributed by atoms with van der Waals surface area (Å²) in [4.78, 5) is 10.6. The lowest BCUT2D eigenvalue weighted by Gasteiger charge is -2.28. The van der Waals surface area contributed by atoms with E-state index in [9.17, 15) is 10.1 Å². The van der Waals surface area contributed by atoms with Crippen molar-refractivity contribution in [3.8, 4) is 0 Å². The molecule has 1 N–H and O–H groups in total. The number of rotatable bonds is 2. The second kappa shape index (κ2) is 10.6. The van der Waals surface area contributed by atoms with Crippen LogP contribution >= 0.6 is 0 Å². The van der Waals surface area contributed by atoms with E-state index in [1.165, 1.54) is 0 Å². The molecule has 0 radical (unpaired) electrons. The van der Waals surface area contributed by atoms with Gasteiger partial charge in [-0.15, -0.1) is 0 Å². The first-order chi connectivity index (χ1) is 9.27. The summed E-state index contributed by atoms with van der Waals surface area (Å²) >= 11 is 0.